The summed E-state index contributed by atoms with van der Waals surface area (Å²) in [6, 6.07) is 6.13. The van der Waals surface area contributed by atoms with E-state index in [4.69, 9.17) is 0 Å². The van der Waals surface area contributed by atoms with E-state index in [1.54, 1.807) is 24.6 Å². The van der Waals surface area contributed by atoms with E-state index in [0.29, 0.717) is 6.54 Å². The molecule has 7 heteroatoms. The van der Waals surface area contributed by atoms with Crippen molar-refractivity contribution in [2.75, 3.05) is 7.05 Å². The van der Waals surface area contributed by atoms with Crippen molar-refractivity contribution in [1.82, 2.24) is 20.4 Å². The molecule has 2 heterocycles. The third-order valence-corrected chi connectivity index (χ3v) is 4.27. The number of halogens is 1. The molecule has 0 bridgehead atoms. The molecule has 0 saturated heterocycles. The number of aliphatic imine (C=N–C) groups is 1. The Morgan fingerprint density at radius 1 is 1.37 bits per heavy atom. The Bertz CT molecular complexity index is 560. The minimum absolute atomic E-state index is 0.699. The molecule has 0 radical (unpaired) electrons. The average Bonchev–Trinajstić information content (AvgIpc) is 2.99. The minimum Gasteiger partial charge on any atom is -0.352 e. The molecule has 2 N–H and O–H groups in total. The number of nitrogens with one attached hydrogen (secondary N) is 2. The predicted molar refractivity (Wildman–Crippen MR) is 82.3 cm³/mol. The van der Waals surface area contributed by atoms with Gasteiger partial charge in [0.2, 0.25) is 0 Å². The van der Waals surface area contributed by atoms with Crippen molar-refractivity contribution in [3.63, 3.8) is 0 Å². The molecule has 0 saturated carbocycles. The van der Waals surface area contributed by atoms with Crippen molar-refractivity contribution >= 4 is 33.2 Å². The maximum Gasteiger partial charge on any atom is 0.191 e. The molecule has 0 spiro atoms. The lowest BCUT2D eigenvalue weighted by molar-refractivity contribution is 0.685. The molecular weight excluding hydrogens is 326 g/mol. The summed E-state index contributed by atoms with van der Waals surface area (Å²) in [6.07, 6.45) is 1.79. The van der Waals surface area contributed by atoms with Crippen LogP contribution < -0.4 is 10.6 Å². The lowest BCUT2D eigenvalue weighted by atomic mass is 10.4. The summed E-state index contributed by atoms with van der Waals surface area (Å²) < 4.78 is 2.98. The van der Waals surface area contributed by atoms with E-state index in [1.165, 1.54) is 4.88 Å². The molecule has 2 aromatic rings. The van der Waals surface area contributed by atoms with Gasteiger partial charge in [-0.2, -0.15) is 5.10 Å². The maximum atomic E-state index is 4.20. The Hall–Kier alpha value is -1.34. The summed E-state index contributed by atoms with van der Waals surface area (Å²) in [5.74, 6) is 0.783. The second kappa shape index (κ2) is 6.72. The molecule has 0 aromatic carbocycles. The van der Waals surface area contributed by atoms with Crippen LogP contribution in [0.5, 0.6) is 0 Å². The number of hydrogen-bond acceptors (Lipinski definition) is 3. The summed E-state index contributed by atoms with van der Waals surface area (Å²) in [4.78, 5) is 5.46. The van der Waals surface area contributed by atoms with E-state index in [9.17, 15) is 0 Å². The highest BCUT2D eigenvalue weighted by atomic mass is 79.9. The second-order valence-electron chi connectivity index (χ2n) is 3.93. The Morgan fingerprint density at radius 2 is 2.16 bits per heavy atom. The predicted octanol–water partition coefficient (Wildman–Crippen LogP) is 2.11. The van der Waals surface area contributed by atoms with Gasteiger partial charge in [0.25, 0.3) is 0 Å². The van der Waals surface area contributed by atoms with Gasteiger partial charge in [-0.05, 0) is 34.1 Å². The number of aryl methyl sites for hydroxylation is 1. The van der Waals surface area contributed by atoms with E-state index in [0.717, 1.165) is 22.0 Å². The molecule has 0 unspecified atom stereocenters. The zero-order valence-electron chi connectivity index (χ0n) is 10.9. The molecule has 0 atom stereocenters. The number of hydrogen-bond donors (Lipinski definition) is 2. The Kier molecular flexibility index (Phi) is 4.98. The van der Waals surface area contributed by atoms with Gasteiger partial charge in [-0.1, -0.05) is 0 Å². The summed E-state index contributed by atoms with van der Waals surface area (Å²) in [7, 11) is 3.69. The third-order valence-electron chi connectivity index (χ3n) is 2.64. The quantitative estimate of drug-likeness (QED) is 0.661. The fourth-order valence-electron chi connectivity index (χ4n) is 1.59. The van der Waals surface area contributed by atoms with Crippen LogP contribution in [0.4, 0.5) is 0 Å². The Labute approximate surface area is 124 Å². The lowest BCUT2D eigenvalue weighted by Crippen LogP contribution is -2.36. The van der Waals surface area contributed by atoms with Gasteiger partial charge in [0.05, 0.1) is 22.6 Å². The first kappa shape index (κ1) is 14.1. The highest BCUT2D eigenvalue weighted by Crippen LogP contribution is 2.21. The van der Waals surface area contributed by atoms with Crippen molar-refractivity contribution in [3.05, 3.63) is 38.8 Å². The monoisotopic (exact) mass is 341 g/mol. The highest BCUT2D eigenvalue weighted by molar-refractivity contribution is 9.11. The maximum absolute atomic E-state index is 4.20. The molecule has 0 amide bonds. The van der Waals surface area contributed by atoms with Gasteiger partial charge in [-0.3, -0.25) is 9.67 Å². The van der Waals surface area contributed by atoms with Crippen LogP contribution in [0, 0.1) is 0 Å². The van der Waals surface area contributed by atoms with Crippen LogP contribution in [0.3, 0.4) is 0 Å². The van der Waals surface area contributed by atoms with Gasteiger partial charge in [0.1, 0.15) is 0 Å². The van der Waals surface area contributed by atoms with E-state index < -0.39 is 0 Å². The molecule has 102 valence electrons. The van der Waals surface area contributed by atoms with Crippen LogP contribution in [0.1, 0.15) is 10.6 Å². The van der Waals surface area contributed by atoms with Crippen LogP contribution in [-0.2, 0) is 20.1 Å². The zero-order chi connectivity index (χ0) is 13.7. The van der Waals surface area contributed by atoms with Gasteiger partial charge in [0, 0.05) is 25.2 Å². The first-order chi connectivity index (χ1) is 9.19. The van der Waals surface area contributed by atoms with Gasteiger partial charge < -0.3 is 10.6 Å². The molecular formula is C12H16BrN5S. The SMILES string of the molecule is CN=C(NCc1ccc(Br)s1)NCc1ccnn1C. The van der Waals surface area contributed by atoms with E-state index in [2.05, 4.69) is 42.7 Å². The van der Waals surface area contributed by atoms with Crippen LogP contribution >= 0.6 is 27.3 Å². The number of nitrogens with zero attached hydrogens (tertiary/aromatic N) is 3. The van der Waals surface area contributed by atoms with E-state index >= 15 is 0 Å². The fraction of sp³-hybridized carbons (Fsp3) is 0.333. The number of thiophene rings is 1. The number of rotatable bonds is 4. The van der Waals surface area contributed by atoms with E-state index in [1.807, 2.05) is 23.9 Å². The van der Waals surface area contributed by atoms with Crippen LogP contribution in [-0.4, -0.2) is 22.8 Å². The lowest BCUT2D eigenvalue weighted by Gasteiger charge is -2.11. The third kappa shape index (κ3) is 4.07. The summed E-state index contributed by atoms with van der Waals surface area (Å²) in [5, 5.41) is 10.7. The standard InChI is InChI=1S/C12H16BrN5S/c1-14-12(15-7-9-5-6-17-18(9)2)16-8-10-3-4-11(13)19-10/h3-6H,7-8H2,1-2H3,(H2,14,15,16). The van der Waals surface area contributed by atoms with Gasteiger partial charge in [0.15, 0.2) is 5.96 Å². The van der Waals surface area contributed by atoms with Crippen LogP contribution in [0.15, 0.2) is 33.2 Å². The molecule has 0 aliphatic carbocycles. The van der Waals surface area contributed by atoms with Crippen molar-refractivity contribution in [2.24, 2.45) is 12.0 Å². The minimum atomic E-state index is 0.699. The van der Waals surface area contributed by atoms with Gasteiger partial charge in [-0.15, -0.1) is 11.3 Å². The topological polar surface area (TPSA) is 54.2 Å². The molecule has 0 fully saturated rings. The van der Waals surface area contributed by atoms with Crippen molar-refractivity contribution in [3.8, 4) is 0 Å². The zero-order valence-corrected chi connectivity index (χ0v) is 13.3. The highest BCUT2D eigenvalue weighted by Gasteiger charge is 2.02. The Morgan fingerprint density at radius 3 is 2.74 bits per heavy atom. The molecule has 0 aliphatic rings. The smallest absolute Gasteiger partial charge is 0.191 e. The first-order valence-corrected chi connectivity index (χ1v) is 7.45. The summed E-state index contributed by atoms with van der Waals surface area (Å²) in [5.41, 5.74) is 1.11. The first-order valence-electron chi connectivity index (χ1n) is 5.84. The van der Waals surface area contributed by atoms with Crippen LogP contribution in [0.25, 0.3) is 0 Å². The molecule has 2 rings (SSSR count). The molecule has 5 nitrogen and oxygen atoms in total. The fourth-order valence-corrected chi connectivity index (χ4v) is 3.01. The summed E-state index contributed by atoms with van der Waals surface area (Å²) in [6.45, 7) is 1.46. The van der Waals surface area contributed by atoms with Gasteiger partial charge >= 0.3 is 0 Å². The molecule has 19 heavy (non-hydrogen) atoms. The van der Waals surface area contributed by atoms with Crippen LogP contribution in [0.2, 0.25) is 0 Å². The van der Waals surface area contributed by atoms with E-state index in [-0.39, 0.29) is 0 Å². The number of aromatic nitrogens is 2. The second-order valence-corrected chi connectivity index (χ2v) is 6.48. The normalized spacial score (nSPS) is 11.6. The van der Waals surface area contributed by atoms with Crippen molar-refractivity contribution in [2.45, 2.75) is 13.1 Å². The largest absolute Gasteiger partial charge is 0.352 e. The summed E-state index contributed by atoms with van der Waals surface area (Å²) >= 11 is 5.17. The van der Waals surface area contributed by atoms with Crippen molar-refractivity contribution in [1.29, 1.82) is 0 Å². The molecule has 2 aromatic heterocycles. The number of guanidine groups is 1. The Balaban J connectivity index is 1.82. The van der Waals surface area contributed by atoms with Crippen molar-refractivity contribution < 1.29 is 0 Å². The average molecular weight is 342 g/mol. The van der Waals surface area contributed by atoms with Gasteiger partial charge in [-0.25, -0.2) is 0 Å². The molecule has 0 aliphatic heterocycles.